The summed E-state index contributed by atoms with van der Waals surface area (Å²) in [5.74, 6) is 0. The molecule has 3 aromatic rings. The number of fused-ring (bicyclic) bond motifs is 1. The number of benzene rings is 3. The Balaban J connectivity index is 1.72. The summed E-state index contributed by atoms with van der Waals surface area (Å²) in [5, 5.41) is 4.30. The molecule has 0 fully saturated rings. The summed E-state index contributed by atoms with van der Waals surface area (Å²) in [4.78, 5) is 5.96. The molecule has 0 radical (unpaired) electrons. The van der Waals surface area contributed by atoms with Crippen LogP contribution < -0.4 is 5.32 Å². The van der Waals surface area contributed by atoms with Crippen LogP contribution in [0.2, 0.25) is 0 Å². The molecule has 3 aromatic carbocycles. The van der Waals surface area contributed by atoms with E-state index in [1.54, 1.807) is 11.8 Å². The van der Waals surface area contributed by atoms with Gasteiger partial charge in [0.05, 0.1) is 5.69 Å². The number of nitrogens with zero attached hydrogens (tertiary/aromatic N) is 1. The molecule has 0 amide bonds. The summed E-state index contributed by atoms with van der Waals surface area (Å²) in [6, 6.07) is 28.8. The first kappa shape index (κ1) is 14.8. The number of amidine groups is 1. The van der Waals surface area contributed by atoms with Gasteiger partial charge in [0.1, 0.15) is 0 Å². The highest BCUT2D eigenvalue weighted by molar-refractivity contribution is 8.22. The predicted molar refractivity (Wildman–Crippen MR) is 106 cm³/mol. The lowest BCUT2D eigenvalue weighted by Gasteiger charge is -2.19. The average Bonchev–Trinajstić information content (AvgIpc) is 2.63. The molecule has 116 valence electrons. The minimum absolute atomic E-state index is 0.891. The van der Waals surface area contributed by atoms with Crippen molar-refractivity contribution < 1.29 is 0 Å². The normalized spacial score (nSPS) is 14.8. The van der Waals surface area contributed by atoms with Crippen LogP contribution in [0.15, 0.2) is 89.9 Å². The van der Waals surface area contributed by atoms with Crippen molar-refractivity contribution in [1.29, 1.82) is 0 Å². The number of anilines is 1. The van der Waals surface area contributed by atoms with Crippen LogP contribution in [0.1, 0.15) is 11.1 Å². The van der Waals surface area contributed by atoms with Gasteiger partial charge in [0.15, 0.2) is 5.17 Å². The van der Waals surface area contributed by atoms with Gasteiger partial charge in [-0.3, -0.25) is 0 Å². The molecule has 0 bridgehead atoms. The summed E-state index contributed by atoms with van der Waals surface area (Å²) >= 11 is 1.66. The molecule has 4 rings (SSSR count). The number of nitrogens with one attached hydrogen (secondary N) is 1. The van der Waals surface area contributed by atoms with Crippen LogP contribution in [0, 0.1) is 0 Å². The largest absolute Gasteiger partial charge is 0.334 e. The minimum Gasteiger partial charge on any atom is -0.334 e. The topological polar surface area (TPSA) is 24.4 Å². The molecule has 1 aliphatic heterocycles. The lowest BCUT2D eigenvalue weighted by atomic mass is 10.1. The van der Waals surface area contributed by atoms with E-state index in [2.05, 4.69) is 53.9 Å². The number of thioether (sulfide) groups is 1. The van der Waals surface area contributed by atoms with Crippen LogP contribution in [0.5, 0.6) is 0 Å². The van der Waals surface area contributed by atoms with Gasteiger partial charge >= 0.3 is 0 Å². The lowest BCUT2D eigenvalue weighted by molar-refractivity contribution is 1.48. The monoisotopic (exact) mass is 328 g/mol. The molecule has 24 heavy (non-hydrogen) atoms. The smallest absolute Gasteiger partial charge is 0.171 e. The molecule has 0 atom stereocenters. The van der Waals surface area contributed by atoms with E-state index in [0.717, 1.165) is 16.5 Å². The number of aliphatic imine (C=N–C) groups is 1. The summed E-state index contributed by atoms with van der Waals surface area (Å²) < 4.78 is 0. The van der Waals surface area contributed by atoms with Crippen LogP contribution in [0.25, 0.3) is 11.0 Å². The van der Waals surface area contributed by atoms with Gasteiger partial charge in [-0.15, -0.1) is 0 Å². The van der Waals surface area contributed by atoms with Gasteiger partial charge in [-0.25, -0.2) is 4.99 Å². The van der Waals surface area contributed by atoms with Crippen LogP contribution in [-0.4, -0.2) is 5.17 Å². The van der Waals surface area contributed by atoms with Crippen molar-refractivity contribution in [3.8, 4) is 0 Å². The Bertz CT molecular complexity index is 899. The molecule has 0 aromatic heterocycles. The lowest BCUT2D eigenvalue weighted by Crippen LogP contribution is -2.10. The highest BCUT2D eigenvalue weighted by Gasteiger charge is 2.17. The predicted octanol–water partition coefficient (Wildman–Crippen LogP) is 6.03. The van der Waals surface area contributed by atoms with Crippen LogP contribution in [0.3, 0.4) is 0 Å². The zero-order valence-electron chi connectivity index (χ0n) is 13.0. The van der Waals surface area contributed by atoms with Gasteiger partial charge in [0, 0.05) is 16.2 Å². The molecule has 0 aliphatic carbocycles. The maximum atomic E-state index is 4.76. The Morgan fingerprint density at radius 2 is 1.42 bits per heavy atom. The number of hydrogen-bond acceptors (Lipinski definition) is 3. The highest BCUT2D eigenvalue weighted by atomic mass is 32.2. The first-order valence-electron chi connectivity index (χ1n) is 7.83. The molecule has 0 saturated heterocycles. The first-order valence-corrected chi connectivity index (χ1v) is 8.65. The van der Waals surface area contributed by atoms with Gasteiger partial charge in [-0.05, 0) is 29.8 Å². The first-order chi connectivity index (χ1) is 11.9. The molecule has 1 aliphatic rings. The van der Waals surface area contributed by atoms with E-state index in [1.807, 2.05) is 42.5 Å². The number of para-hydroxylation sites is 2. The van der Waals surface area contributed by atoms with Crippen LogP contribution in [0.4, 0.5) is 11.4 Å². The highest BCUT2D eigenvalue weighted by Crippen LogP contribution is 2.41. The molecule has 1 heterocycles. The third-order valence-corrected chi connectivity index (χ3v) is 4.66. The van der Waals surface area contributed by atoms with Crippen molar-refractivity contribution in [2.75, 3.05) is 5.32 Å². The Hall–Kier alpha value is -2.78. The standard InChI is InChI=1S/C21H16N2S/c1-3-9-16(10-4-1)15-20-18-13-7-8-14-19(18)23-21(24-20)22-17-11-5-2-6-12-17/h1-15H,(H,22,23)/b20-15-. The molecule has 1 N–H and O–H groups in total. The second-order valence-corrected chi connectivity index (χ2v) is 6.48. The van der Waals surface area contributed by atoms with Gasteiger partial charge in [0.25, 0.3) is 0 Å². The summed E-state index contributed by atoms with van der Waals surface area (Å²) in [5.41, 5.74) is 4.40. The summed E-state index contributed by atoms with van der Waals surface area (Å²) in [6.45, 7) is 0. The average molecular weight is 328 g/mol. The van der Waals surface area contributed by atoms with E-state index >= 15 is 0 Å². The van der Waals surface area contributed by atoms with Crippen molar-refractivity contribution in [2.45, 2.75) is 0 Å². The van der Waals surface area contributed by atoms with Crippen LogP contribution in [-0.2, 0) is 0 Å². The second kappa shape index (κ2) is 6.77. The Morgan fingerprint density at radius 1 is 0.750 bits per heavy atom. The number of hydrogen-bond donors (Lipinski definition) is 1. The van der Waals surface area contributed by atoms with E-state index < -0.39 is 0 Å². The van der Waals surface area contributed by atoms with E-state index in [-0.39, 0.29) is 0 Å². The fourth-order valence-electron chi connectivity index (χ4n) is 2.58. The van der Waals surface area contributed by atoms with Gasteiger partial charge in [-0.2, -0.15) is 0 Å². The van der Waals surface area contributed by atoms with E-state index in [4.69, 9.17) is 4.99 Å². The fraction of sp³-hybridized carbons (Fsp3) is 0. The quantitative estimate of drug-likeness (QED) is 0.621. The fourth-order valence-corrected chi connectivity index (χ4v) is 3.58. The molecular formula is C21H16N2S. The molecule has 0 spiro atoms. The molecule has 2 nitrogen and oxygen atoms in total. The summed E-state index contributed by atoms with van der Waals surface area (Å²) in [7, 11) is 0. The van der Waals surface area contributed by atoms with Crippen LogP contribution >= 0.6 is 11.8 Å². The van der Waals surface area contributed by atoms with Crippen molar-refractivity contribution in [1.82, 2.24) is 0 Å². The van der Waals surface area contributed by atoms with Crippen molar-refractivity contribution in [2.24, 2.45) is 4.99 Å². The maximum Gasteiger partial charge on any atom is 0.171 e. The molecule has 3 heteroatoms. The zero-order chi connectivity index (χ0) is 16.2. The molecule has 0 unspecified atom stereocenters. The van der Waals surface area contributed by atoms with Crippen molar-refractivity contribution >= 4 is 39.3 Å². The van der Waals surface area contributed by atoms with E-state index in [1.165, 1.54) is 16.0 Å². The zero-order valence-corrected chi connectivity index (χ0v) is 13.8. The van der Waals surface area contributed by atoms with Crippen molar-refractivity contribution in [3.63, 3.8) is 0 Å². The van der Waals surface area contributed by atoms with Gasteiger partial charge in [0.2, 0.25) is 0 Å². The van der Waals surface area contributed by atoms with Gasteiger partial charge < -0.3 is 5.32 Å². The maximum absolute atomic E-state index is 4.76. The molecule has 0 saturated carbocycles. The third-order valence-electron chi connectivity index (χ3n) is 3.72. The molecular weight excluding hydrogens is 312 g/mol. The van der Waals surface area contributed by atoms with E-state index in [9.17, 15) is 0 Å². The Kier molecular flexibility index (Phi) is 4.17. The van der Waals surface area contributed by atoms with Gasteiger partial charge in [-0.1, -0.05) is 78.5 Å². The SMILES string of the molecule is C(=C1/SC(Nc2ccccc2)=Nc2ccccc21)/c1ccccc1. The Morgan fingerprint density at radius 3 is 2.21 bits per heavy atom. The number of rotatable bonds is 2. The van der Waals surface area contributed by atoms with Crippen molar-refractivity contribution in [3.05, 3.63) is 96.1 Å². The second-order valence-electron chi connectivity index (χ2n) is 5.45. The third kappa shape index (κ3) is 3.26. The minimum atomic E-state index is 0.891. The Labute approximate surface area is 146 Å². The summed E-state index contributed by atoms with van der Waals surface area (Å²) in [6.07, 6.45) is 2.21. The van der Waals surface area contributed by atoms with E-state index in [0.29, 0.717) is 0 Å².